The van der Waals surface area contributed by atoms with Crippen LogP contribution in [0.25, 0.3) is 0 Å². The van der Waals surface area contributed by atoms with Gasteiger partial charge in [-0.3, -0.25) is 0 Å². The van der Waals surface area contributed by atoms with Crippen molar-refractivity contribution in [1.82, 2.24) is 29.6 Å². The van der Waals surface area contributed by atoms with E-state index in [0.29, 0.717) is 12.5 Å². The molecular formula is C17H25N9. The lowest BCUT2D eigenvalue weighted by molar-refractivity contribution is 0.378. The van der Waals surface area contributed by atoms with Crippen LogP contribution in [0.2, 0.25) is 0 Å². The van der Waals surface area contributed by atoms with Crippen molar-refractivity contribution in [2.24, 2.45) is 10.7 Å². The van der Waals surface area contributed by atoms with Crippen molar-refractivity contribution in [1.29, 1.82) is 0 Å². The fourth-order valence-electron chi connectivity index (χ4n) is 3.50. The summed E-state index contributed by atoms with van der Waals surface area (Å²) in [6, 6.07) is 1.83. The molecule has 9 heteroatoms. The van der Waals surface area contributed by atoms with Crippen molar-refractivity contribution in [2.75, 3.05) is 31.1 Å². The molecule has 9 nitrogen and oxygen atoms in total. The molecule has 1 saturated heterocycles. The maximum atomic E-state index is 6.22. The van der Waals surface area contributed by atoms with Crippen molar-refractivity contribution in [3.8, 4) is 0 Å². The number of aryl methyl sites for hydroxylation is 1. The topological polar surface area (TPSA) is 101 Å². The molecule has 0 aliphatic carbocycles. The molecule has 2 aliphatic heterocycles. The van der Waals surface area contributed by atoms with Crippen LogP contribution in [0.5, 0.6) is 0 Å². The molecule has 4 rings (SSSR count). The summed E-state index contributed by atoms with van der Waals surface area (Å²) in [5, 5.41) is 8.63. The van der Waals surface area contributed by atoms with Gasteiger partial charge in [0.05, 0.1) is 0 Å². The molecule has 2 N–H and O–H groups in total. The van der Waals surface area contributed by atoms with Gasteiger partial charge in [-0.25, -0.2) is 15.0 Å². The molecule has 1 fully saturated rings. The number of nitrogens with zero attached hydrogens (tertiary/aromatic N) is 8. The van der Waals surface area contributed by atoms with Crippen LogP contribution in [0.1, 0.15) is 30.9 Å². The average Bonchev–Trinajstić information content (AvgIpc) is 2.93. The largest absolute Gasteiger partial charge is 0.370 e. The minimum atomic E-state index is 0.487. The first-order valence-electron chi connectivity index (χ1n) is 9.29. The highest BCUT2D eigenvalue weighted by Gasteiger charge is 2.20. The minimum Gasteiger partial charge on any atom is -0.370 e. The smallest absolute Gasteiger partial charge is 0.225 e. The van der Waals surface area contributed by atoms with E-state index >= 15 is 0 Å². The van der Waals surface area contributed by atoms with Gasteiger partial charge < -0.3 is 20.1 Å². The summed E-state index contributed by atoms with van der Waals surface area (Å²) in [6.45, 7) is 4.77. The van der Waals surface area contributed by atoms with Gasteiger partial charge in [0.15, 0.2) is 11.8 Å². The van der Waals surface area contributed by atoms with Crippen molar-refractivity contribution in [3.05, 3.63) is 30.1 Å². The standard InChI is InChI=1S/C17H25N9/c18-16(21-13-15-23-22-14-5-2-1-3-8-26(14)15)24-9-11-25(12-10-24)17-19-6-4-7-20-17/h4,6-7H,1-3,5,8-13H2,(H2,18,21). The number of nitrogens with two attached hydrogens (primary N) is 1. The number of fused-ring (bicyclic) bond motifs is 1. The molecule has 0 amide bonds. The van der Waals surface area contributed by atoms with Crippen LogP contribution in [-0.2, 0) is 19.5 Å². The van der Waals surface area contributed by atoms with E-state index in [-0.39, 0.29) is 0 Å². The van der Waals surface area contributed by atoms with Crippen LogP contribution < -0.4 is 10.6 Å². The predicted octanol–water partition coefficient (Wildman–Crippen LogP) is 0.431. The lowest BCUT2D eigenvalue weighted by Crippen LogP contribution is -2.51. The van der Waals surface area contributed by atoms with E-state index in [4.69, 9.17) is 5.73 Å². The van der Waals surface area contributed by atoms with Crippen LogP contribution in [0.3, 0.4) is 0 Å². The Balaban J connectivity index is 1.35. The lowest BCUT2D eigenvalue weighted by atomic mass is 10.2. The quantitative estimate of drug-likeness (QED) is 0.629. The summed E-state index contributed by atoms with van der Waals surface area (Å²) in [5.41, 5.74) is 6.22. The Bertz CT molecular complexity index is 747. The van der Waals surface area contributed by atoms with Crippen molar-refractivity contribution < 1.29 is 0 Å². The SMILES string of the molecule is NC(=NCc1nnc2n1CCCCC2)N1CCN(c2ncccn2)CC1. The molecule has 26 heavy (non-hydrogen) atoms. The summed E-state index contributed by atoms with van der Waals surface area (Å²) in [6.07, 6.45) is 8.18. The van der Waals surface area contributed by atoms with Gasteiger partial charge in [-0.1, -0.05) is 6.42 Å². The number of hydrogen-bond acceptors (Lipinski definition) is 6. The first kappa shape index (κ1) is 16.7. The van der Waals surface area contributed by atoms with Gasteiger partial charge in [-0.15, -0.1) is 10.2 Å². The third-order valence-electron chi connectivity index (χ3n) is 5.01. The van der Waals surface area contributed by atoms with E-state index < -0.39 is 0 Å². The summed E-state index contributed by atoms with van der Waals surface area (Å²) < 4.78 is 2.22. The summed E-state index contributed by atoms with van der Waals surface area (Å²) in [5.74, 6) is 3.35. The molecule has 0 saturated carbocycles. The molecule has 2 aromatic heterocycles. The van der Waals surface area contributed by atoms with Gasteiger partial charge in [0.1, 0.15) is 12.4 Å². The Morgan fingerprint density at radius 1 is 1.00 bits per heavy atom. The third-order valence-corrected chi connectivity index (χ3v) is 5.01. The molecule has 0 atom stereocenters. The number of rotatable bonds is 3. The molecule has 138 valence electrons. The van der Waals surface area contributed by atoms with Gasteiger partial charge in [-0.05, 0) is 18.9 Å². The highest BCUT2D eigenvalue weighted by molar-refractivity contribution is 5.78. The highest BCUT2D eigenvalue weighted by Crippen LogP contribution is 2.15. The predicted molar refractivity (Wildman–Crippen MR) is 98.7 cm³/mol. The molecule has 2 aromatic rings. The first-order valence-corrected chi connectivity index (χ1v) is 9.29. The zero-order chi connectivity index (χ0) is 17.8. The van der Waals surface area contributed by atoms with E-state index in [1.54, 1.807) is 12.4 Å². The minimum absolute atomic E-state index is 0.487. The van der Waals surface area contributed by atoms with E-state index in [1.165, 1.54) is 19.3 Å². The fourth-order valence-corrected chi connectivity index (χ4v) is 3.50. The number of guanidine groups is 1. The summed E-state index contributed by atoms with van der Waals surface area (Å²) >= 11 is 0. The Hall–Kier alpha value is -2.71. The van der Waals surface area contributed by atoms with Gasteiger partial charge in [-0.2, -0.15) is 0 Å². The Morgan fingerprint density at radius 2 is 1.81 bits per heavy atom. The summed E-state index contributed by atoms with van der Waals surface area (Å²) in [7, 11) is 0. The van der Waals surface area contributed by atoms with Crippen LogP contribution >= 0.6 is 0 Å². The maximum absolute atomic E-state index is 6.22. The zero-order valence-electron chi connectivity index (χ0n) is 15.0. The molecule has 2 aliphatic rings. The summed E-state index contributed by atoms with van der Waals surface area (Å²) in [4.78, 5) is 17.5. The molecule has 4 heterocycles. The normalized spacial score (nSPS) is 18.5. The molecule has 0 aromatic carbocycles. The zero-order valence-corrected chi connectivity index (χ0v) is 15.0. The molecule has 0 spiro atoms. The van der Waals surface area contributed by atoms with Crippen molar-refractivity contribution in [3.63, 3.8) is 0 Å². The Morgan fingerprint density at radius 3 is 2.62 bits per heavy atom. The molecule has 0 bridgehead atoms. The Kier molecular flexibility index (Phi) is 4.94. The van der Waals surface area contributed by atoms with Gasteiger partial charge >= 0.3 is 0 Å². The van der Waals surface area contributed by atoms with E-state index in [9.17, 15) is 0 Å². The number of aliphatic imine (C=N–C) groups is 1. The van der Waals surface area contributed by atoms with Gasteiger partial charge in [0, 0.05) is 51.5 Å². The van der Waals surface area contributed by atoms with Crippen molar-refractivity contribution in [2.45, 2.75) is 38.8 Å². The van der Waals surface area contributed by atoms with E-state index in [0.717, 1.165) is 56.7 Å². The second-order valence-corrected chi connectivity index (χ2v) is 6.69. The monoisotopic (exact) mass is 355 g/mol. The van der Waals surface area contributed by atoms with Gasteiger partial charge in [0.25, 0.3) is 0 Å². The van der Waals surface area contributed by atoms with Crippen LogP contribution in [0, 0.1) is 0 Å². The lowest BCUT2D eigenvalue weighted by Gasteiger charge is -2.35. The van der Waals surface area contributed by atoms with Crippen LogP contribution in [0.15, 0.2) is 23.5 Å². The van der Waals surface area contributed by atoms with Crippen LogP contribution in [0.4, 0.5) is 5.95 Å². The second-order valence-electron chi connectivity index (χ2n) is 6.69. The molecule has 0 radical (unpaired) electrons. The number of anilines is 1. The van der Waals surface area contributed by atoms with Gasteiger partial charge in [0.2, 0.25) is 5.95 Å². The van der Waals surface area contributed by atoms with E-state index in [1.807, 2.05) is 6.07 Å². The number of aromatic nitrogens is 5. The Labute approximate surface area is 153 Å². The average molecular weight is 355 g/mol. The number of piperazine rings is 1. The van der Waals surface area contributed by atoms with Crippen molar-refractivity contribution >= 4 is 11.9 Å². The number of hydrogen-bond donors (Lipinski definition) is 1. The second kappa shape index (κ2) is 7.67. The fraction of sp³-hybridized carbons (Fsp3) is 0.588. The first-order chi connectivity index (χ1) is 12.8. The molecule has 0 unspecified atom stereocenters. The highest BCUT2D eigenvalue weighted by atomic mass is 15.4. The van der Waals surface area contributed by atoms with Crippen LogP contribution in [-0.4, -0.2) is 61.8 Å². The maximum Gasteiger partial charge on any atom is 0.225 e. The third kappa shape index (κ3) is 3.61. The van der Waals surface area contributed by atoms with E-state index in [2.05, 4.69) is 39.5 Å². The molecular weight excluding hydrogens is 330 g/mol.